The van der Waals surface area contributed by atoms with Crippen LogP contribution in [0.3, 0.4) is 0 Å². The minimum Gasteiger partial charge on any atom is -0.497 e. The average Bonchev–Trinajstić information content (AvgIpc) is 3.28. The van der Waals surface area contributed by atoms with Gasteiger partial charge in [0.1, 0.15) is 11.4 Å². The van der Waals surface area contributed by atoms with E-state index in [2.05, 4.69) is 20.6 Å². The average molecular weight is 325 g/mol. The molecule has 0 saturated heterocycles. The molecule has 0 bridgehead atoms. The van der Waals surface area contributed by atoms with E-state index < -0.39 is 0 Å². The van der Waals surface area contributed by atoms with Crippen molar-refractivity contribution in [2.75, 3.05) is 7.11 Å². The quantitative estimate of drug-likeness (QED) is 0.728. The van der Waals surface area contributed by atoms with Crippen LogP contribution in [0, 0.1) is 0 Å². The molecule has 0 aliphatic heterocycles. The highest BCUT2D eigenvalue weighted by Crippen LogP contribution is 2.22. The van der Waals surface area contributed by atoms with Gasteiger partial charge in [-0.25, -0.2) is 0 Å². The number of benzene rings is 1. The number of hydrogen-bond acceptors (Lipinski definition) is 4. The number of carbonyl (C=O) groups excluding carboxylic acids is 1. The lowest BCUT2D eigenvalue weighted by atomic mass is 10.1. The third kappa shape index (κ3) is 3.29. The van der Waals surface area contributed by atoms with Crippen LogP contribution in [0.2, 0.25) is 0 Å². The van der Waals surface area contributed by atoms with Gasteiger partial charge in [0, 0.05) is 18.3 Å². The first-order valence-corrected chi connectivity index (χ1v) is 7.70. The summed E-state index contributed by atoms with van der Waals surface area (Å²) in [6.45, 7) is 3.19. The fraction of sp³-hybridized carbons (Fsp3) is 0.235. The number of ether oxygens (including phenoxy) is 1. The van der Waals surface area contributed by atoms with E-state index in [1.54, 1.807) is 19.4 Å². The van der Waals surface area contributed by atoms with E-state index in [1.807, 2.05) is 41.9 Å². The third-order valence-electron chi connectivity index (χ3n) is 3.72. The van der Waals surface area contributed by atoms with E-state index in [0.29, 0.717) is 17.9 Å². The second kappa shape index (κ2) is 6.99. The number of hydrogen-bond donors (Lipinski definition) is 2. The predicted octanol–water partition coefficient (Wildman–Crippen LogP) is 2.23. The number of rotatable bonds is 6. The van der Waals surface area contributed by atoms with Crippen LogP contribution in [0.15, 0.2) is 42.6 Å². The van der Waals surface area contributed by atoms with Crippen molar-refractivity contribution in [3.8, 4) is 17.0 Å². The topological polar surface area (TPSA) is 84.8 Å². The number of aromatic amines is 1. The van der Waals surface area contributed by atoms with E-state index >= 15 is 0 Å². The molecule has 0 fully saturated rings. The Morgan fingerprint density at radius 2 is 2.21 bits per heavy atom. The van der Waals surface area contributed by atoms with Crippen LogP contribution in [0.25, 0.3) is 11.3 Å². The van der Waals surface area contributed by atoms with Gasteiger partial charge in [-0.05, 0) is 31.2 Å². The molecular formula is C17H19N5O2. The van der Waals surface area contributed by atoms with Crippen molar-refractivity contribution in [2.24, 2.45) is 0 Å². The Morgan fingerprint density at radius 1 is 1.33 bits per heavy atom. The Labute approximate surface area is 139 Å². The largest absolute Gasteiger partial charge is 0.497 e. The lowest BCUT2D eigenvalue weighted by Crippen LogP contribution is -2.24. The highest BCUT2D eigenvalue weighted by atomic mass is 16.5. The van der Waals surface area contributed by atoms with Gasteiger partial charge in [0.2, 0.25) is 0 Å². The molecule has 2 aromatic heterocycles. The Bertz CT molecular complexity index is 837. The molecule has 0 radical (unpaired) electrons. The number of amides is 1. The van der Waals surface area contributed by atoms with Crippen LogP contribution < -0.4 is 10.1 Å². The standard InChI is InChI=1S/C17H19N5O2/c1-3-22-13(7-8-19-22)11-18-17(23)16-10-15(20-21-16)12-5-4-6-14(9-12)24-2/h4-10H,3,11H2,1-2H3,(H,18,23)(H,20,21). The number of aryl methyl sites for hydroxylation is 1. The Morgan fingerprint density at radius 3 is 3.00 bits per heavy atom. The maximum Gasteiger partial charge on any atom is 0.269 e. The summed E-state index contributed by atoms with van der Waals surface area (Å²) in [4.78, 5) is 12.3. The minimum atomic E-state index is -0.208. The molecule has 1 aromatic carbocycles. The zero-order valence-corrected chi connectivity index (χ0v) is 13.6. The number of methoxy groups -OCH3 is 1. The van der Waals surface area contributed by atoms with Gasteiger partial charge in [-0.2, -0.15) is 10.2 Å². The number of nitrogens with zero attached hydrogens (tertiary/aromatic N) is 3. The van der Waals surface area contributed by atoms with E-state index in [0.717, 1.165) is 23.6 Å². The van der Waals surface area contributed by atoms with Crippen LogP contribution in [0.1, 0.15) is 23.1 Å². The second-order valence-electron chi connectivity index (χ2n) is 5.22. The number of aromatic nitrogens is 4. The summed E-state index contributed by atoms with van der Waals surface area (Å²) < 4.78 is 7.05. The van der Waals surface area contributed by atoms with Crippen LogP contribution in [0.5, 0.6) is 5.75 Å². The summed E-state index contributed by atoms with van der Waals surface area (Å²) in [6, 6.07) is 11.1. The fourth-order valence-electron chi connectivity index (χ4n) is 2.43. The molecule has 24 heavy (non-hydrogen) atoms. The molecule has 7 nitrogen and oxygen atoms in total. The lowest BCUT2D eigenvalue weighted by Gasteiger charge is -2.05. The molecule has 3 rings (SSSR count). The highest BCUT2D eigenvalue weighted by molar-refractivity contribution is 5.93. The first kappa shape index (κ1) is 15.8. The fourth-order valence-corrected chi connectivity index (χ4v) is 2.43. The van der Waals surface area contributed by atoms with E-state index in [-0.39, 0.29) is 5.91 Å². The smallest absolute Gasteiger partial charge is 0.269 e. The predicted molar refractivity (Wildman–Crippen MR) is 89.6 cm³/mol. The van der Waals surface area contributed by atoms with Crippen LogP contribution >= 0.6 is 0 Å². The van der Waals surface area contributed by atoms with Crippen LogP contribution in [-0.2, 0) is 13.1 Å². The van der Waals surface area contributed by atoms with Gasteiger partial charge in [-0.15, -0.1) is 0 Å². The number of nitrogens with one attached hydrogen (secondary N) is 2. The van der Waals surface area contributed by atoms with Gasteiger partial charge in [0.25, 0.3) is 5.91 Å². The molecule has 2 heterocycles. The molecule has 0 aliphatic carbocycles. The lowest BCUT2D eigenvalue weighted by molar-refractivity contribution is 0.0945. The highest BCUT2D eigenvalue weighted by Gasteiger charge is 2.12. The van der Waals surface area contributed by atoms with Gasteiger partial charge in [0.05, 0.1) is 25.0 Å². The van der Waals surface area contributed by atoms with E-state index in [4.69, 9.17) is 4.74 Å². The maximum absolute atomic E-state index is 12.3. The van der Waals surface area contributed by atoms with Gasteiger partial charge in [0.15, 0.2) is 0 Å². The zero-order valence-electron chi connectivity index (χ0n) is 13.6. The number of H-pyrrole nitrogens is 1. The van der Waals surface area contributed by atoms with Crippen molar-refractivity contribution >= 4 is 5.91 Å². The molecule has 1 amide bonds. The monoisotopic (exact) mass is 325 g/mol. The number of carbonyl (C=O) groups is 1. The van der Waals surface area contributed by atoms with Crippen molar-refractivity contribution in [1.29, 1.82) is 0 Å². The van der Waals surface area contributed by atoms with E-state index in [9.17, 15) is 4.79 Å². The first-order chi connectivity index (χ1) is 11.7. The molecule has 124 valence electrons. The Kier molecular flexibility index (Phi) is 4.60. The van der Waals surface area contributed by atoms with Crippen LogP contribution in [0.4, 0.5) is 0 Å². The van der Waals surface area contributed by atoms with E-state index in [1.165, 1.54) is 0 Å². The molecule has 0 spiro atoms. The minimum absolute atomic E-state index is 0.208. The van der Waals surface area contributed by atoms with Gasteiger partial charge in [-0.3, -0.25) is 14.6 Å². The SMILES string of the molecule is CCn1nccc1CNC(=O)c1cc(-c2cccc(OC)c2)n[nH]1. The molecule has 2 N–H and O–H groups in total. The molecule has 0 unspecified atom stereocenters. The summed E-state index contributed by atoms with van der Waals surface area (Å²) in [5.41, 5.74) is 2.94. The summed E-state index contributed by atoms with van der Waals surface area (Å²) >= 11 is 0. The first-order valence-electron chi connectivity index (χ1n) is 7.70. The molecule has 0 saturated carbocycles. The van der Waals surface area contributed by atoms with Crippen molar-refractivity contribution in [3.05, 3.63) is 54.0 Å². The van der Waals surface area contributed by atoms with Crippen molar-refractivity contribution in [2.45, 2.75) is 20.0 Å². The van der Waals surface area contributed by atoms with Gasteiger partial charge in [-0.1, -0.05) is 12.1 Å². The normalized spacial score (nSPS) is 10.6. The van der Waals surface area contributed by atoms with Crippen molar-refractivity contribution in [1.82, 2.24) is 25.3 Å². The molecule has 0 atom stereocenters. The summed E-state index contributed by atoms with van der Waals surface area (Å²) in [6.07, 6.45) is 1.72. The Balaban J connectivity index is 1.69. The summed E-state index contributed by atoms with van der Waals surface area (Å²) in [5, 5.41) is 14.0. The zero-order chi connectivity index (χ0) is 16.9. The van der Waals surface area contributed by atoms with Crippen molar-refractivity contribution in [3.63, 3.8) is 0 Å². The molecule has 3 aromatic rings. The Hall–Kier alpha value is -3.09. The third-order valence-corrected chi connectivity index (χ3v) is 3.72. The van der Waals surface area contributed by atoms with Crippen LogP contribution in [-0.4, -0.2) is 33.0 Å². The molecule has 7 heteroatoms. The second-order valence-corrected chi connectivity index (χ2v) is 5.22. The van der Waals surface area contributed by atoms with Gasteiger partial charge >= 0.3 is 0 Å². The molecule has 0 aliphatic rings. The maximum atomic E-state index is 12.3. The van der Waals surface area contributed by atoms with Crippen molar-refractivity contribution < 1.29 is 9.53 Å². The summed E-state index contributed by atoms with van der Waals surface area (Å²) in [5.74, 6) is 0.537. The summed E-state index contributed by atoms with van der Waals surface area (Å²) in [7, 11) is 1.61. The molecular weight excluding hydrogens is 306 g/mol. The van der Waals surface area contributed by atoms with Gasteiger partial charge < -0.3 is 10.1 Å².